The molecule has 0 saturated carbocycles. The maximum Gasteiger partial charge on any atom is 0.288 e. The first-order chi connectivity index (χ1) is 8.18. The van der Waals surface area contributed by atoms with E-state index < -0.39 is 9.84 Å². The number of tetrazole rings is 1. The molecule has 1 aromatic heterocycles. The second-order valence-electron chi connectivity index (χ2n) is 3.60. The van der Waals surface area contributed by atoms with Crippen molar-refractivity contribution in [3.05, 3.63) is 35.9 Å². The number of nitrogens with zero attached hydrogens (tertiary/aromatic N) is 3. The highest BCUT2D eigenvalue weighted by molar-refractivity contribution is 7.91. The minimum atomic E-state index is -3.40. The molecular formula is C10H12N4O2S. The third-order valence-corrected chi connectivity index (χ3v) is 3.88. The summed E-state index contributed by atoms with van der Waals surface area (Å²) in [6.45, 7) is 0. The fourth-order valence-electron chi connectivity index (χ4n) is 1.49. The molecule has 90 valence electrons. The van der Waals surface area contributed by atoms with Gasteiger partial charge >= 0.3 is 0 Å². The number of hydrogen-bond acceptors (Lipinski definition) is 5. The van der Waals surface area contributed by atoms with Gasteiger partial charge in [-0.05, 0) is 23.6 Å². The van der Waals surface area contributed by atoms with E-state index in [9.17, 15) is 8.42 Å². The zero-order valence-corrected chi connectivity index (χ0v) is 9.89. The van der Waals surface area contributed by atoms with E-state index in [1.807, 2.05) is 30.3 Å². The van der Waals surface area contributed by atoms with Gasteiger partial charge in [0.15, 0.2) is 0 Å². The number of rotatable bonds is 5. The Labute approximate surface area is 99.0 Å². The predicted octanol–water partition coefficient (Wildman–Crippen LogP) is 0.606. The normalized spacial score (nSPS) is 11.5. The van der Waals surface area contributed by atoms with E-state index in [4.69, 9.17) is 0 Å². The minimum absolute atomic E-state index is 0.0292. The Balaban J connectivity index is 1.91. The van der Waals surface area contributed by atoms with Crippen LogP contribution in [0.2, 0.25) is 0 Å². The van der Waals surface area contributed by atoms with Gasteiger partial charge in [0.25, 0.3) is 5.16 Å². The summed E-state index contributed by atoms with van der Waals surface area (Å²) in [4.78, 5) is 0. The van der Waals surface area contributed by atoms with Crippen molar-refractivity contribution in [2.45, 2.75) is 18.0 Å². The number of aryl methyl sites for hydroxylation is 1. The molecule has 2 aromatic rings. The average molecular weight is 252 g/mol. The van der Waals surface area contributed by atoms with Gasteiger partial charge in [0.05, 0.1) is 5.75 Å². The van der Waals surface area contributed by atoms with Gasteiger partial charge in [0.1, 0.15) is 0 Å². The van der Waals surface area contributed by atoms with Crippen LogP contribution in [0.4, 0.5) is 0 Å². The van der Waals surface area contributed by atoms with E-state index in [0.29, 0.717) is 6.42 Å². The molecule has 6 nitrogen and oxygen atoms in total. The maximum atomic E-state index is 11.7. The standard InChI is InChI=1S/C10H12N4O2S/c15-17(16,10-11-13-14-12-10)8-4-7-9-5-2-1-3-6-9/h1-3,5-6H,4,7-8H2,(H,11,12,13,14). The van der Waals surface area contributed by atoms with Gasteiger partial charge in [0.2, 0.25) is 9.84 Å². The fourth-order valence-corrected chi connectivity index (χ4v) is 2.54. The van der Waals surface area contributed by atoms with Crippen LogP contribution in [0.1, 0.15) is 12.0 Å². The van der Waals surface area contributed by atoms with Gasteiger partial charge in [-0.15, -0.1) is 5.10 Å². The molecule has 0 amide bonds. The number of aromatic amines is 1. The molecule has 0 bridgehead atoms. The summed E-state index contributed by atoms with van der Waals surface area (Å²) in [5.41, 5.74) is 1.12. The van der Waals surface area contributed by atoms with Crippen LogP contribution in [0.5, 0.6) is 0 Å². The van der Waals surface area contributed by atoms with Crippen molar-refractivity contribution in [3.8, 4) is 0 Å². The molecule has 1 heterocycles. The van der Waals surface area contributed by atoms with E-state index >= 15 is 0 Å². The summed E-state index contributed by atoms with van der Waals surface area (Å²) in [7, 11) is -3.40. The van der Waals surface area contributed by atoms with E-state index in [2.05, 4.69) is 20.6 Å². The van der Waals surface area contributed by atoms with E-state index in [1.54, 1.807) is 0 Å². The van der Waals surface area contributed by atoms with Crippen LogP contribution in [0.25, 0.3) is 0 Å². The third-order valence-electron chi connectivity index (χ3n) is 2.33. The van der Waals surface area contributed by atoms with E-state index in [-0.39, 0.29) is 10.9 Å². The summed E-state index contributed by atoms with van der Waals surface area (Å²) in [5.74, 6) is 0.0292. The van der Waals surface area contributed by atoms with Crippen molar-refractivity contribution in [3.63, 3.8) is 0 Å². The molecule has 0 aliphatic rings. The lowest BCUT2D eigenvalue weighted by Gasteiger charge is -2.00. The first kappa shape index (κ1) is 11.7. The molecule has 17 heavy (non-hydrogen) atoms. The number of sulfone groups is 1. The molecule has 0 unspecified atom stereocenters. The topological polar surface area (TPSA) is 88.6 Å². The van der Waals surface area contributed by atoms with Crippen molar-refractivity contribution in [2.24, 2.45) is 0 Å². The Morgan fingerprint density at radius 1 is 1.18 bits per heavy atom. The zero-order chi connectivity index (χ0) is 12.1. The zero-order valence-electron chi connectivity index (χ0n) is 9.07. The number of nitrogens with one attached hydrogen (secondary N) is 1. The molecule has 0 radical (unpaired) electrons. The Kier molecular flexibility index (Phi) is 3.48. The molecule has 2 rings (SSSR count). The van der Waals surface area contributed by atoms with Crippen LogP contribution in [0.3, 0.4) is 0 Å². The summed E-state index contributed by atoms with van der Waals surface area (Å²) < 4.78 is 23.4. The Hall–Kier alpha value is -1.76. The van der Waals surface area contributed by atoms with Crippen molar-refractivity contribution < 1.29 is 8.42 Å². The summed E-state index contributed by atoms with van der Waals surface area (Å²) >= 11 is 0. The Morgan fingerprint density at radius 2 is 1.94 bits per heavy atom. The average Bonchev–Trinajstić information content (AvgIpc) is 2.84. The number of benzene rings is 1. The molecule has 0 spiro atoms. The Morgan fingerprint density at radius 3 is 2.59 bits per heavy atom. The van der Waals surface area contributed by atoms with Crippen LogP contribution < -0.4 is 0 Å². The summed E-state index contributed by atoms with van der Waals surface area (Å²) in [5, 5.41) is 12.1. The molecule has 7 heteroatoms. The molecule has 1 N–H and O–H groups in total. The molecule has 0 aliphatic heterocycles. The molecule has 0 aliphatic carbocycles. The van der Waals surface area contributed by atoms with Crippen LogP contribution in [-0.2, 0) is 16.3 Å². The third kappa shape index (κ3) is 3.10. The van der Waals surface area contributed by atoms with Gasteiger partial charge in [-0.25, -0.2) is 8.42 Å². The van der Waals surface area contributed by atoms with Gasteiger partial charge in [-0.1, -0.05) is 35.4 Å². The van der Waals surface area contributed by atoms with Gasteiger partial charge in [-0.2, -0.15) is 5.21 Å². The lowest BCUT2D eigenvalue weighted by atomic mass is 10.1. The molecule has 1 aromatic carbocycles. The lowest BCUT2D eigenvalue weighted by Crippen LogP contribution is -2.09. The van der Waals surface area contributed by atoms with Gasteiger partial charge in [0, 0.05) is 0 Å². The van der Waals surface area contributed by atoms with Crippen molar-refractivity contribution in [1.82, 2.24) is 20.6 Å². The first-order valence-electron chi connectivity index (χ1n) is 5.18. The monoisotopic (exact) mass is 252 g/mol. The van der Waals surface area contributed by atoms with E-state index in [1.165, 1.54) is 0 Å². The second-order valence-corrected chi connectivity index (χ2v) is 5.61. The van der Waals surface area contributed by atoms with Crippen LogP contribution in [0, 0.1) is 0 Å². The maximum absolute atomic E-state index is 11.7. The predicted molar refractivity (Wildman–Crippen MR) is 61.0 cm³/mol. The largest absolute Gasteiger partial charge is 0.288 e. The Bertz CT molecular complexity index is 551. The van der Waals surface area contributed by atoms with Crippen molar-refractivity contribution in [1.29, 1.82) is 0 Å². The lowest BCUT2D eigenvalue weighted by molar-refractivity contribution is 0.584. The van der Waals surface area contributed by atoms with Crippen LogP contribution in [-0.4, -0.2) is 34.8 Å². The highest BCUT2D eigenvalue weighted by atomic mass is 32.2. The number of aromatic nitrogens is 4. The van der Waals surface area contributed by atoms with Crippen molar-refractivity contribution >= 4 is 9.84 Å². The van der Waals surface area contributed by atoms with Crippen LogP contribution in [0.15, 0.2) is 35.5 Å². The SMILES string of the molecule is O=S(=O)(CCCc1ccccc1)c1nn[nH]n1. The quantitative estimate of drug-likeness (QED) is 0.842. The molecule has 0 fully saturated rings. The van der Waals surface area contributed by atoms with Gasteiger partial charge in [-0.3, -0.25) is 0 Å². The second kappa shape index (κ2) is 5.05. The first-order valence-corrected chi connectivity index (χ1v) is 6.84. The highest BCUT2D eigenvalue weighted by Gasteiger charge is 2.18. The summed E-state index contributed by atoms with van der Waals surface area (Å²) in [6.07, 6.45) is 1.26. The van der Waals surface area contributed by atoms with E-state index in [0.717, 1.165) is 12.0 Å². The summed E-state index contributed by atoms with van der Waals surface area (Å²) in [6, 6.07) is 9.74. The molecule has 0 atom stereocenters. The molecule has 0 saturated heterocycles. The highest BCUT2D eigenvalue weighted by Crippen LogP contribution is 2.07. The molecular weight excluding hydrogens is 240 g/mol. The van der Waals surface area contributed by atoms with Gasteiger partial charge < -0.3 is 0 Å². The van der Waals surface area contributed by atoms with Crippen LogP contribution >= 0.6 is 0 Å². The minimum Gasteiger partial charge on any atom is -0.220 e. The fraction of sp³-hybridized carbons (Fsp3) is 0.300. The van der Waals surface area contributed by atoms with Crippen molar-refractivity contribution in [2.75, 3.05) is 5.75 Å². The number of H-pyrrole nitrogens is 1. The smallest absolute Gasteiger partial charge is 0.220 e. The number of hydrogen-bond donors (Lipinski definition) is 1.